The van der Waals surface area contributed by atoms with Crippen molar-refractivity contribution in [1.82, 2.24) is 5.32 Å². The van der Waals surface area contributed by atoms with Crippen molar-refractivity contribution in [1.29, 1.82) is 0 Å². The lowest BCUT2D eigenvalue weighted by atomic mass is 9.79. The first-order valence-electron chi connectivity index (χ1n) is 5.72. The Balaban J connectivity index is 2.01. The van der Waals surface area contributed by atoms with Gasteiger partial charge >= 0.3 is 0 Å². The van der Waals surface area contributed by atoms with E-state index in [1.807, 2.05) is 0 Å². The predicted molar refractivity (Wildman–Crippen MR) is 72.9 cm³/mol. The van der Waals surface area contributed by atoms with Crippen LogP contribution in [0.15, 0.2) is 24.3 Å². The molecule has 2 heteroatoms. The molecule has 1 aliphatic rings. The third-order valence-corrected chi connectivity index (χ3v) is 4.13. The Morgan fingerprint density at radius 3 is 2.47 bits per heavy atom. The summed E-state index contributed by atoms with van der Waals surface area (Å²) in [5.74, 6) is 0.960. The summed E-state index contributed by atoms with van der Waals surface area (Å²) < 4.78 is 1.31. The molecule has 0 aliphatic heterocycles. The quantitative estimate of drug-likeness (QED) is 0.835. The number of benzene rings is 1. The molecular weight excluding hydrogens is 297 g/mol. The van der Waals surface area contributed by atoms with E-state index >= 15 is 0 Å². The Bertz CT molecular complexity index is 303. The van der Waals surface area contributed by atoms with Crippen LogP contribution in [0.2, 0.25) is 0 Å². The van der Waals surface area contributed by atoms with Gasteiger partial charge in [0, 0.05) is 9.61 Å². The third-order valence-electron chi connectivity index (χ3n) is 3.41. The van der Waals surface area contributed by atoms with E-state index in [0.29, 0.717) is 6.04 Å². The van der Waals surface area contributed by atoms with Crippen LogP contribution in [0.25, 0.3) is 0 Å². The molecule has 0 radical (unpaired) electrons. The van der Waals surface area contributed by atoms with E-state index in [9.17, 15) is 0 Å². The maximum absolute atomic E-state index is 3.43. The van der Waals surface area contributed by atoms with Crippen LogP contribution in [0.5, 0.6) is 0 Å². The van der Waals surface area contributed by atoms with Crippen LogP contribution in [0.1, 0.15) is 37.3 Å². The fourth-order valence-electron chi connectivity index (χ4n) is 2.18. The summed E-state index contributed by atoms with van der Waals surface area (Å²) in [6.07, 6.45) is 5.61. The maximum atomic E-state index is 3.43. The number of rotatable bonds is 4. The molecular formula is C13H18IN. The van der Waals surface area contributed by atoms with Gasteiger partial charge in [0.25, 0.3) is 0 Å². The highest BCUT2D eigenvalue weighted by Gasteiger charge is 2.21. The Hall–Kier alpha value is -0.0900. The highest BCUT2D eigenvalue weighted by Crippen LogP contribution is 2.34. The molecule has 2 rings (SSSR count). The smallest absolute Gasteiger partial charge is 0.0320 e. The molecule has 0 aromatic heterocycles. The summed E-state index contributed by atoms with van der Waals surface area (Å²) in [4.78, 5) is 0. The molecule has 0 spiro atoms. The minimum absolute atomic E-state index is 0.548. The van der Waals surface area contributed by atoms with Gasteiger partial charge in [-0.2, -0.15) is 0 Å². The van der Waals surface area contributed by atoms with Gasteiger partial charge in [-0.05, 0) is 59.7 Å². The molecule has 15 heavy (non-hydrogen) atoms. The van der Waals surface area contributed by atoms with Crippen LogP contribution in [0.3, 0.4) is 0 Å². The van der Waals surface area contributed by atoms with Gasteiger partial charge in [0.05, 0.1) is 0 Å². The molecule has 1 saturated carbocycles. The summed E-state index contributed by atoms with van der Waals surface area (Å²) in [6, 6.07) is 9.44. The number of halogens is 1. The van der Waals surface area contributed by atoms with E-state index in [1.54, 1.807) is 0 Å². The van der Waals surface area contributed by atoms with E-state index in [2.05, 4.69) is 59.2 Å². The highest BCUT2D eigenvalue weighted by atomic mass is 127. The maximum Gasteiger partial charge on any atom is 0.0320 e. The monoisotopic (exact) mass is 315 g/mol. The van der Waals surface area contributed by atoms with E-state index < -0.39 is 0 Å². The van der Waals surface area contributed by atoms with Gasteiger partial charge < -0.3 is 5.32 Å². The Kier molecular flexibility index (Phi) is 4.03. The average Bonchev–Trinajstić information content (AvgIpc) is 2.19. The van der Waals surface area contributed by atoms with E-state index in [1.165, 1.54) is 34.8 Å². The molecule has 82 valence electrons. The number of hydrogen-bond acceptors (Lipinski definition) is 1. The average molecular weight is 315 g/mol. The van der Waals surface area contributed by atoms with Crippen molar-refractivity contribution in [3.8, 4) is 0 Å². The van der Waals surface area contributed by atoms with Crippen LogP contribution in [-0.4, -0.2) is 7.05 Å². The molecule has 0 amide bonds. The van der Waals surface area contributed by atoms with E-state index in [4.69, 9.17) is 0 Å². The van der Waals surface area contributed by atoms with Gasteiger partial charge in [0.1, 0.15) is 0 Å². The number of hydrogen-bond donors (Lipinski definition) is 1. The molecule has 1 aliphatic carbocycles. The summed E-state index contributed by atoms with van der Waals surface area (Å²) in [6.45, 7) is 0. The predicted octanol–water partition coefficient (Wildman–Crippen LogP) is 3.74. The highest BCUT2D eigenvalue weighted by molar-refractivity contribution is 14.1. The lowest BCUT2D eigenvalue weighted by Crippen LogP contribution is -2.23. The van der Waals surface area contributed by atoms with Gasteiger partial charge in [-0.3, -0.25) is 0 Å². The second kappa shape index (κ2) is 5.30. The molecule has 1 N–H and O–H groups in total. The van der Waals surface area contributed by atoms with Crippen molar-refractivity contribution < 1.29 is 0 Å². The van der Waals surface area contributed by atoms with Gasteiger partial charge in [0.2, 0.25) is 0 Å². The van der Waals surface area contributed by atoms with E-state index in [-0.39, 0.29) is 0 Å². The molecule has 1 aromatic rings. The lowest BCUT2D eigenvalue weighted by Gasteiger charge is -2.29. The van der Waals surface area contributed by atoms with Crippen LogP contribution >= 0.6 is 22.6 Å². The van der Waals surface area contributed by atoms with Crippen LogP contribution in [0, 0.1) is 9.49 Å². The molecule has 0 heterocycles. The summed E-state index contributed by atoms with van der Waals surface area (Å²) in [5, 5.41) is 3.43. The first-order valence-corrected chi connectivity index (χ1v) is 6.80. The normalized spacial score (nSPS) is 18.5. The topological polar surface area (TPSA) is 12.0 Å². The van der Waals surface area contributed by atoms with Crippen molar-refractivity contribution >= 4 is 22.6 Å². The van der Waals surface area contributed by atoms with E-state index in [0.717, 1.165) is 5.92 Å². The third kappa shape index (κ3) is 2.94. The second-order valence-corrected chi connectivity index (χ2v) is 5.67. The zero-order chi connectivity index (χ0) is 10.7. The second-order valence-electron chi connectivity index (χ2n) is 4.43. The zero-order valence-corrected chi connectivity index (χ0v) is 11.3. The van der Waals surface area contributed by atoms with Gasteiger partial charge in [-0.1, -0.05) is 31.4 Å². The number of nitrogens with one attached hydrogen (secondary N) is 1. The van der Waals surface area contributed by atoms with Crippen molar-refractivity contribution in [2.45, 2.75) is 31.7 Å². The Morgan fingerprint density at radius 2 is 2.00 bits per heavy atom. The Morgan fingerprint density at radius 1 is 1.33 bits per heavy atom. The molecule has 1 unspecified atom stereocenters. The SMILES string of the molecule is CNC(CC1CCC1)c1ccc(I)cc1. The summed E-state index contributed by atoms with van der Waals surface area (Å²) in [5.41, 5.74) is 1.44. The van der Waals surface area contributed by atoms with Crippen LogP contribution in [-0.2, 0) is 0 Å². The minimum atomic E-state index is 0.548. The van der Waals surface area contributed by atoms with Crippen molar-refractivity contribution in [2.75, 3.05) is 7.05 Å². The fraction of sp³-hybridized carbons (Fsp3) is 0.538. The van der Waals surface area contributed by atoms with Gasteiger partial charge in [0.15, 0.2) is 0 Å². The minimum Gasteiger partial charge on any atom is -0.313 e. The Labute approximate surface area is 106 Å². The fourth-order valence-corrected chi connectivity index (χ4v) is 2.54. The summed E-state index contributed by atoms with van der Waals surface area (Å²) in [7, 11) is 2.07. The van der Waals surface area contributed by atoms with Crippen LogP contribution in [0.4, 0.5) is 0 Å². The van der Waals surface area contributed by atoms with Crippen molar-refractivity contribution in [3.05, 3.63) is 33.4 Å². The molecule has 1 aromatic carbocycles. The molecule has 1 atom stereocenters. The molecule has 0 bridgehead atoms. The van der Waals surface area contributed by atoms with Crippen LogP contribution < -0.4 is 5.32 Å². The van der Waals surface area contributed by atoms with Crippen molar-refractivity contribution in [2.24, 2.45) is 5.92 Å². The molecule has 1 nitrogen and oxygen atoms in total. The first kappa shape index (κ1) is 11.4. The van der Waals surface area contributed by atoms with Gasteiger partial charge in [-0.25, -0.2) is 0 Å². The van der Waals surface area contributed by atoms with Crippen molar-refractivity contribution in [3.63, 3.8) is 0 Å². The summed E-state index contributed by atoms with van der Waals surface area (Å²) >= 11 is 2.36. The van der Waals surface area contributed by atoms with Gasteiger partial charge in [-0.15, -0.1) is 0 Å². The largest absolute Gasteiger partial charge is 0.313 e. The standard InChI is InChI=1S/C13H18IN/c1-15-13(9-10-3-2-4-10)11-5-7-12(14)8-6-11/h5-8,10,13,15H,2-4,9H2,1H3. The lowest BCUT2D eigenvalue weighted by molar-refractivity contribution is 0.265. The molecule has 0 saturated heterocycles. The first-order chi connectivity index (χ1) is 7.29. The molecule has 1 fully saturated rings. The zero-order valence-electron chi connectivity index (χ0n) is 9.17.